The standard InChI is InChI=1S/C20H25N5O4/c1-28-15-8-9-16(17(12-15)29-2)24-20-18(25(26)27)19(22-13-23-20)21-11-10-14-6-4-3-5-7-14/h6,8-9,12-13H,3-5,7,10-11H2,1-2H3,(H2,21,22,23,24). The van der Waals surface area contributed by atoms with Gasteiger partial charge >= 0.3 is 5.69 Å². The molecule has 0 fully saturated rings. The van der Waals surface area contributed by atoms with Crippen LogP contribution in [0.1, 0.15) is 32.1 Å². The molecule has 0 spiro atoms. The topological polar surface area (TPSA) is 111 Å². The van der Waals surface area contributed by atoms with Crippen molar-refractivity contribution in [3.63, 3.8) is 0 Å². The van der Waals surface area contributed by atoms with Crippen molar-refractivity contribution in [3.8, 4) is 11.5 Å². The van der Waals surface area contributed by atoms with Crippen LogP contribution in [0.4, 0.5) is 23.0 Å². The summed E-state index contributed by atoms with van der Waals surface area (Å²) in [5.74, 6) is 1.38. The van der Waals surface area contributed by atoms with Crippen LogP contribution in [0.15, 0.2) is 36.2 Å². The van der Waals surface area contributed by atoms with Crippen molar-refractivity contribution in [1.82, 2.24) is 9.97 Å². The lowest BCUT2D eigenvalue weighted by Gasteiger charge is -2.14. The highest BCUT2D eigenvalue weighted by Gasteiger charge is 2.24. The van der Waals surface area contributed by atoms with E-state index in [-0.39, 0.29) is 17.3 Å². The van der Waals surface area contributed by atoms with Gasteiger partial charge in [-0.05, 0) is 44.2 Å². The molecule has 29 heavy (non-hydrogen) atoms. The zero-order valence-corrected chi connectivity index (χ0v) is 16.6. The molecule has 2 aromatic rings. The van der Waals surface area contributed by atoms with Gasteiger partial charge in [0.15, 0.2) is 0 Å². The number of nitrogens with zero attached hydrogens (tertiary/aromatic N) is 3. The number of aromatic nitrogens is 2. The van der Waals surface area contributed by atoms with Crippen LogP contribution >= 0.6 is 0 Å². The summed E-state index contributed by atoms with van der Waals surface area (Å²) in [7, 11) is 3.07. The molecule has 0 amide bonds. The Labute approximate surface area is 169 Å². The summed E-state index contributed by atoms with van der Waals surface area (Å²) in [6, 6.07) is 5.13. The lowest BCUT2D eigenvalue weighted by atomic mass is 9.97. The van der Waals surface area contributed by atoms with E-state index in [0.29, 0.717) is 23.7 Å². The highest BCUT2D eigenvalue weighted by Crippen LogP contribution is 2.36. The predicted molar refractivity (Wildman–Crippen MR) is 111 cm³/mol. The molecule has 0 atom stereocenters. The van der Waals surface area contributed by atoms with Crippen LogP contribution in [0.25, 0.3) is 0 Å². The number of nitrogens with one attached hydrogen (secondary N) is 2. The summed E-state index contributed by atoms with van der Waals surface area (Å²) in [6.07, 6.45) is 9.06. The van der Waals surface area contributed by atoms with Crippen molar-refractivity contribution in [2.24, 2.45) is 0 Å². The Balaban J connectivity index is 1.79. The Morgan fingerprint density at radius 1 is 1.17 bits per heavy atom. The Kier molecular flexibility index (Phi) is 6.83. The van der Waals surface area contributed by atoms with Crippen LogP contribution < -0.4 is 20.1 Å². The van der Waals surface area contributed by atoms with E-state index in [1.807, 2.05) is 0 Å². The molecule has 1 aromatic carbocycles. The minimum absolute atomic E-state index is 0.0906. The van der Waals surface area contributed by atoms with Gasteiger partial charge in [-0.3, -0.25) is 10.1 Å². The third-order valence-electron chi connectivity index (χ3n) is 4.79. The maximum atomic E-state index is 11.7. The number of allylic oxidation sites excluding steroid dienone is 1. The van der Waals surface area contributed by atoms with Crippen molar-refractivity contribution in [3.05, 3.63) is 46.3 Å². The van der Waals surface area contributed by atoms with Crippen molar-refractivity contribution < 1.29 is 14.4 Å². The van der Waals surface area contributed by atoms with Crippen LogP contribution in [0, 0.1) is 10.1 Å². The number of rotatable bonds is 9. The van der Waals surface area contributed by atoms with Gasteiger partial charge in [0, 0.05) is 12.6 Å². The summed E-state index contributed by atoms with van der Waals surface area (Å²) in [5, 5.41) is 17.8. The van der Waals surface area contributed by atoms with Crippen molar-refractivity contribution >= 4 is 23.0 Å². The first-order chi connectivity index (χ1) is 14.1. The molecule has 0 saturated carbocycles. The Morgan fingerprint density at radius 3 is 2.69 bits per heavy atom. The summed E-state index contributed by atoms with van der Waals surface area (Å²) in [6.45, 7) is 0.578. The highest BCUT2D eigenvalue weighted by atomic mass is 16.6. The fraction of sp³-hybridized carbons (Fsp3) is 0.400. The van der Waals surface area contributed by atoms with Crippen LogP contribution in [-0.2, 0) is 0 Å². The SMILES string of the molecule is COc1ccc(Nc2ncnc(NCCC3=CCCCC3)c2[N+](=O)[O-])c(OC)c1. The lowest BCUT2D eigenvalue weighted by Crippen LogP contribution is -2.10. The second-order valence-electron chi connectivity index (χ2n) is 6.65. The number of anilines is 3. The minimum atomic E-state index is -0.486. The molecular weight excluding hydrogens is 374 g/mol. The fourth-order valence-corrected chi connectivity index (χ4v) is 3.28. The number of methoxy groups -OCH3 is 2. The van der Waals surface area contributed by atoms with E-state index >= 15 is 0 Å². The highest BCUT2D eigenvalue weighted by molar-refractivity contribution is 5.76. The first-order valence-corrected chi connectivity index (χ1v) is 9.52. The minimum Gasteiger partial charge on any atom is -0.497 e. The van der Waals surface area contributed by atoms with Gasteiger partial charge in [-0.15, -0.1) is 0 Å². The summed E-state index contributed by atoms with van der Waals surface area (Å²) in [5.41, 5.74) is 1.72. The number of hydrogen-bond acceptors (Lipinski definition) is 8. The number of nitro groups is 1. The molecule has 1 heterocycles. The second kappa shape index (κ2) is 9.72. The molecule has 9 heteroatoms. The van der Waals surface area contributed by atoms with Gasteiger partial charge in [0.25, 0.3) is 0 Å². The Hall–Kier alpha value is -3.36. The van der Waals surface area contributed by atoms with Crippen LogP contribution in [0.5, 0.6) is 11.5 Å². The maximum Gasteiger partial charge on any atom is 0.353 e. The van der Waals surface area contributed by atoms with Crippen LogP contribution in [-0.4, -0.2) is 35.7 Å². The molecular formula is C20H25N5O4. The maximum absolute atomic E-state index is 11.7. The Morgan fingerprint density at radius 2 is 2.00 bits per heavy atom. The number of benzene rings is 1. The Bertz CT molecular complexity index is 900. The molecule has 0 unspecified atom stereocenters. The van der Waals surface area contributed by atoms with E-state index in [0.717, 1.165) is 19.3 Å². The van der Waals surface area contributed by atoms with E-state index < -0.39 is 4.92 Å². The average Bonchev–Trinajstić information content (AvgIpc) is 2.74. The smallest absolute Gasteiger partial charge is 0.353 e. The fourth-order valence-electron chi connectivity index (χ4n) is 3.28. The van der Waals surface area contributed by atoms with Crippen molar-refractivity contribution in [1.29, 1.82) is 0 Å². The molecule has 1 aliphatic carbocycles. The van der Waals surface area contributed by atoms with E-state index in [9.17, 15) is 10.1 Å². The zero-order chi connectivity index (χ0) is 20.6. The van der Waals surface area contributed by atoms with E-state index in [1.54, 1.807) is 25.3 Å². The van der Waals surface area contributed by atoms with Gasteiger partial charge in [0.05, 0.1) is 24.8 Å². The molecule has 2 N–H and O–H groups in total. The molecule has 1 aromatic heterocycles. The monoisotopic (exact) mass is 399 g/mol. The van der Waals surface area contributed by atoms with Crippen LogP contribution in [0.2, 0.25) is 0 Å². The molecule has 0 bridgehead atoms. The molecule has 1 aliphatic rings. The van der Waals surface area contributed by atoms with Gasteiger partial charge < -0.3 is 20.1 Å². The molecule has 9 nitrogen and oxygen atoms in total. The summed E-state index contributed by atoms with van der Waals surface area (Å²) >= 11 is 0. The van der Waals surface area contributed by atoms with Gasteiger partial charge in [0.1, 0.15) is 17.8 Å². The van der Waals surface area contributed by atoms with Gasteiger partial charge in [0.2, 0.25) is 11.6 Å². The van der Waals surface area contributed by atoms with Crippen molar-refractivity contribution in [2.45, 2.75) is 32.1 Å². The third kappa shape index (κ3) is 5.13. The zero-order valence-electron chi connectivity index (χ0n) is 16.6. The summed E-state index contributed by atoms with van der Waals surface area (Å²) in [4.78, 5) is 19.4. The quantitative estimate of drug-likeness (QED) is 0.361. The van der Waals surface area contributed by atoms with Gasteiger partial charge in [-0.1, -0.05) is 11.6 Å². The number of ether oxygens (including phenoxy) is 2. The molecule has 154 valence electrons. The average molecular weight is 399 g/mol. The molecule has 0 aliphatic heterocycles. The second-order valence-corrected chi connectivity index (χ2v) is 6.65. The molecule has 0 saturated heterocycles. The molecule has 3 rings (SSSR count). The first-order valence-electron chi connectivity index (χ1n) is 9.52. The summed E-state index contributed by atoms with van der Waals surface area (Å²) < 4.78 is 10.5. The number of hydrogen-bond donors (Lipinski definition) is 2. The van der Waals surface area contributed by atoms with E-state index in [1.165, 1.54) is 31.9 Å². The van der Waals surface area contributed by atoms with E-state index in [4.69, 9.17) is 9.47 Å². The molecule has 0 radical (unpaired) electrons. The largest absolute Gasteiger partial charge is 0.497 e. The van der Waals surface area contributed by atoms with Gasteiger partial charge in [-0.25, -0.2) is 9.97 Å². The van der Waals surface area contributed by atoms with E-state index in [2.05, 4.69) is 26.7 Å². The first kappa shape index (κ1) is 20.4. The van der Waals surface area contributed by atoms with Gasteiger partial charge in [-0.2, -0.15) is 0 Å². The third-order valence-corrected chi connectivity index (χ3v) is 4.79. The lowest BCUT2D eigenvalue weighted by molar-refractivity contribution is -0.383. The normalized spacial score (nSPS) is 13.4. The van der Waals surface area contributed by atoms with Crippen molar-refractivity contribution in [2.75, 3.05) is 31.4 Å². The predicted octanol–water partition coefficient (Wildman–Crippen LogP) is 4.45. The van der Waals surface area contributed by atoms with Crippen LogP contribution in [0.3, 0.4) is 0 Å².